The monoisotopic (exact) mass is 336 g/mol. The highest BCUT2D eigenvalue weighted by Crippen LogP contribution is 2.19. The third kappa shape index (κ3) is 3.42. The molecule has 0 saturated carbocycles. The van der Waals surface area contributed by atoms with Crippen LogP contribution < -0.4 is 5.32 Å². The van der Waals surface area contributed by atoms with Crippen molar-refractivity contribution in [1.82, 2.24) is 9.88 Å². The van der Waals surface area contributed by atoms with E-state index in [9.17, 15) is 9.90 Å². The van der Waals surface area contributed by atoms with Crippen molar-refractivity contribution in [2.45, 2.75) is 26.4 Å². The van der Waals surface area contributed by atoms with Gasteiger partial charge >= 0.3 is 0 Å². The van der Waals surface area contributed by atoms with Crippen LogP contribution in [0, 0.1) is 0 Å². The van der Waals surface area contributed by atoms with Gasteiger partial charge in [0.05, 0.1) is 0 Å². The number of hydrogen-bond donors (Lipinski definition) is 2. The van der Waals surface area contributed by atoms with Gasteiger partial charge in [0.25, 0.3) is 5.91 Å². The first-order valence-corrected chi connectivity index (χ1v) is 7.20. The average molecular weight is 337 g/mol. The van der Waals surface area contributed by atoms with Crippen LogP contribution in [-0.2, 0) is 6.54 Å². The Morgan fingerprint density at radius 3 is 2.80 bits per heavy atom. The number of rotatable bonds is 4. The van der Waals surface area contributed by atoms with E-state index in [2.05, 4.69) is 21.2 Å². The van der Waals surface area contributed by atoms with Crippen LogP contribution in [0.2, 0.25) is 0 Å². The van der Waals surface area contributed by atoms with Gasteiger partial charge in [-0.3, -0.25) is 4.79 Å². The van der Waals surface area contributed by atoms with Gasteiger partial charge in [0, 0.05) is 23.3 Å². The number of halogens is 1. The lowest BCUT2D eigenvalue weighted by molar-refractivity contribution is 0.0940. The number of aromatic nitrogens is 1. The summed E-state index contributed by atoms with van der Waals surface area (Å²) in [6, 6.07) is 8.87. The molecule has 5 heteroatoms. The number of aromatic hydroxyl groups is 1. The molecular formula is C15H17BrN2O2. The Morgan fingerprint density at radius 2 is 2.15 bits per heavy atom. The summed E-state index contributed by atoms with van der Waals surface area (Å²) in [5, 5.41) is 12.3. The molecule has 0 aliphatic heterocycles. The highest BCUT2D eigenvalue weighted by molar-refractivity contribution is 9.10. The van der Waals surface area contributed by atoms with Crippen LogP contribution in [0.5, 0.6) is 5.75 Å². The molecule has 0 radical (unpaired) electrons. The minimum absolute atomic E-state index is 0.132. The molecule has 2 rings (SSSR count). The zero-order valence-corrected chi connectivity index (χ0v) is 13.0. The molecule has 0 bridgehead atoms. The third-order valence-electron chi connectivity index (χ3n) is 2.97. The van der Waals surface area contributed by atoms with Crippen LogP contribution in [-0.4, -0.2) is 15.6 Å². The predicted octanol–water partition coefficient (Wildman–Crippen LogP) is 3.47. The van der Waals surface area contributed by atoms with Crippen molar-refractivity contribution < 1.29 is 9.90 Å². The molecule has 20 heavy (non-hydrogen) atoms. The summed E-state index contributed by atoms with van der Waals surface area (Å²) in [7, 11) is 0. The van der Waals surface area contributed by atoms with Crippen LogP contribution in [0.1, 0.15) is 35.9 Å². The molecule has 1 amide bonds. The van der Waals surface area contributed by atoms with Crippen LogP contribution in [0.25, 0.3) is 0 Å². The van der Waals surface area contributed by atoms with Gasteiger partial charge in [0.2, 0.25) is 0 Å². The first kappa shape index (κ1) is 14.7. The molecule has 2 N–H and O–H groups in total. The number of phenols is 1. The maximum Gasteiger partial charge on any atom is 0.268 e. The average Bonchev–Trinajstić information content (AvgIpc) is 2.78. The number of benzene rings is 1. The van der Waals surface area contributed by atoms with Gasteiger partial charge in [-0.1, -0.05) is 12.1 Å². The zero-order valence-electron chi connectivity index (χ0n) is 11.4. The largest absolute Gasteiger partial charge is 0.508 e. The Hall–Kier alpha value is -1.75. The van der Waals surface area contributed by atoms with Crippen molar-refractivity contribution in [2.24, 2.45) is 0 Å². The fourth-order valence-corrected chi connectivity index (χ4v) is 2.43. The highest BCUT2D eigenvalue weighted by Gasteiger charge is 2.14. The molecular weight excluding hydrogens is 320 g/mol. The smallest absolute Gasteiger partial charge is 0.268 e. The summed E-state index contributed by atoms with van der Waals surface area (Å²) in [6.45, 7) is 4.44. The minimum atomic E-state index is -0.132. The molecule has 0 unspecified atom stereocenters. The Bertz CT molecular complexity index is 620. The van der Waals surface area contributed by atoms with Crippen molar-refractivity contribution in [1.29, 1.82) is 0 Å². The van der Waals surface area contributed by atoms with Crippen molar-refractivity contribution in [3.8, 4) is 5.75 Å². The first-order chi connectivity index (χ1) is 9.47. The lowest BCUT2D eigenvalue weighted by atomic mass is 10.2. The molecule has 0 aliphatic carbocycles. The van der Waals surface area contributed by atoms with E-state index in [-0.39, 0.29) is 17.7 Å². The summed E-state index contributed by atoms with van der Waals surface area (Å²) >= 11 is 3.39. The van der Waals surface area contributed by atoms with E-state index in [1.54, 1.807) is 24.3 Å². The fraction of sp³-hybridized carbons (Fsp3) is 0.267. The van der Waals surface area contributed by atoms with Crippen molar-refractivity contribution in [3.63, 3.8) is 0 Å². The molecule has 2 aromatic rings. The number of carbonyl (C=O) groups excluding carboxylic acids is 1. The normalized spacial score (nSPS) is 10.8. The summed E-state index contributed by atoms with van der Waals surface area (Å²) in [6.07, 6.45) is 1.90. The summed E-state index contributed by atoms with van der Waals surface area (Å²) in [5.41, 5.74) is 1.48. The van der Waals surface area contributed by atoms with E-state index in [0.717, 1.165) is 10.0 Å². The zero-order chi connectivity index (χ0) is 14.7. The third-order valence-corrected chi connectivity index (χ3v) is 3.40. The number of phenolic OH excluding ortho intramolecular Hbond substituents is 1. The van der Waals surface area contributed by atoms with E-state index in [1.807, 2.05) is 30.7 Å². The molecule has 0 saturated heterocycles. The maximum absolute atomic E-state index is 12.2. The summed E-state index contributed by atoms with van der Waals surface area (Å²) < 4.78 is 2.80. The Labute approximate surface area is 126 Å². The van der Waals surface area contributed by atoms with Crippen LogP contribution in [0.3, 0.4) is 0 Å². The Balaban J connectivity index is 2.09. The molecule has 0 atom stereocenters. The Morgan fingerprint density at radius 1 is 1.40 bits per heavy atom. The highest BCUT2D eigenvalue weighted by atomic mass is 79.9. The molecule has 1 heterocycles. The first-order valence-electron chi connectivity index (χ1n) is 6.41. The molecule has 0 spiro atoms. The molecule has 4 nitrogen and oxygen atoms in total. The van der Waals surface area contributed by atoms with Crippen molar-refractivity contribution >= 4 is 21.8 Å². The van der Waals surface area contributed by atoms with Crippen LogP contribution in [0.4, 0.5) is 0 Å². The fourth-order valence-electron chi connectivity index (χ4n) is 1.99. The second-order valence-corrected chi connectivity index (χ2v) is 5.81. The molecule has 0 aliphatic rings. The second-order valence-electron chi connectivity index (χ2n) is 4.90. The lowest BCUT2D eigenvalue weighted by Gasteiger charge is -2.12. The predicted molar refractivity (Wildman–Crippen MR) is 81.8 cm³/mol. The number of hydrogen-bond acceptors (Lipinski definition) is 2. The quantitative estimate of drug-likeness (QED) is 0.898. The number of amides is 1. The standard InChI is InChI=1S/C15H17BrN2O2/c1-10(2)18-9-12(16)7-14(18)15(20)17-8-11-4-3-5-13(19)6-11/h3-7,9-10,19H,8H2,1-2H3,(H,17,20). The topological polar surface area (TPSA) is 54.3 Å². The van der Waals surface area contributed by atoms with Gasteiger partial charge < -0.3 is 15.0 Å². The van der Waals surface area contributed by atoms with Gasteiger partial charge in [-0.15, -0.1) is 0 Å². The van der Waals surface area contributed by atoms with Gasteiger partial charge in [0.15, 0.2) is 0 Å². The number of nitrogens with zero attached hydrogens (tertiary/aromatic N) is 1. The van der Waals surface area contributed by atoms with Gasteiger partial charge in [-0.25, -0.2) is 0 Å². The van der Waals surface area contributed by atoms with Crippen molar-refractivity contribution in [3.05, 3.63) is 52.3 Å². The molecule has 1 aromatic heterocycles. The van der Waals surface area contributed by atoms with E-state index in [4.69, 9.17) is 0 Å². The van der Waals surface area contributed by atoms with E-state index in [0.29, 0.717) is 12.2 Å². The number of carbonyl (C=O) groups is 1. The van der Waals surface area contributed by atoms with Gasteiger partial charge in [-0.2, -0.15) is 0 Å². The van der Waals surface area contributed by atoms with Crippen LogP contribution >= 0.6 is 15.9 Å². The van der Waals surface area contributed by atoms with E-state index < -0.39 is 0 Å². The van der Waals surface area contributed by atoms with Gasteiger partial charge in [0.1, 0.15) is 11.4 Å². The molecule has 106 valence electrons. The maximum atomic E-state index is 12.2. The molecule has 0 fully saturated rings. The van der Waals surface area contributed by atoms with Crippen molar-refractivity contribution in [2.75, 3.05) is 0 Å². The SMILES string of the molecule is CC(C)n1cc(Br)cc1C(=O)NCc1cccc(O)c1. The number of nitrogens with one attached hydrogen (secondary N) is 1. The van der Waals surface area contributed by atoms with E-state index >= 15 is 0 Å². The van der Waals surface area contributed by atoms with Gasteiger partial charge in [-0.05, 0) is 53.5 Å². The molecule has 1 aromatic carbocycles. The van der Waals surface area contributed by atoms with E-state index in [1.165, 1.54) is 0 Å². The van der Waals surface area contributed by atoms with Crippen LogP contribution in [0.15, 0.2) is 41.0 Å². The Kier molecular flexibility index (Phi) is 4.49. The second kappa shape index (κ2) is 6.13. The minimum Gasteiger partial charge on any atom is -0.508 e. The summed E-state index contributed by atoms with van der Waals surface area (Å²) in [5.74, 6) is 0.0674. The summed E-state index contributed by atoms with van der Waals surface area (Å²) in [4.78, 5) is 12.2. The lowest BCUT2D eigenvalue weighted by Crippen LogP contribution is -2.25.